The molecule has 1 aliphatic rings. The third kappa shape index (κ3) is 4.41. The third-order valence-electron chi connectivity index (χ3n) is 3.53. The molecule has 0 spiro atoms. The molecule has 1 rings (SSSR count). The van der Waals surface area contributed by atoms with Gasteiger partial charge in [-0.15, -0.1) is 0 Å². The standard InChI is InChI=1S/C14H26N2O2/c1-10(13(18)15-14(3,4)5)16-8-6-12(7-9-16)11(2)17/h10,12H,6-9H2,1-5H3,(H,15,18). The van der Waals surface area contributed by atoms with Gasteiger partial charge in [-0.05, 0) is 60.5 Å². The molecule has 0 aliphatic carbocycles. The number of hydrogen-bond acceptors (Lipinski definition) is 3. The second kappa shape index (κ2) is 5.83. The van der Waals surface area contributed by atoms with Gasteiger partial charge in [0.15, 0.2) is 0 Å². The Balaban J connectivity index is 2.47. The minimum absolute atomic E-state index is 0.0729. The molecular formula is C14H26N2O2. The van der Waals surface area contributed by atoms with Crippen LogP contribution in [0.1, 0.15) is 47.5 Å². The molecule has 4 nitrogen and oxygen atoms in total. The van der Waals surface area contributed by atoms with E-state index in [4.69, 9.17) is 0 Å². The summed E-state index contributed by atoms with van der Waals surface area (Å²) in [5, 5.41) is 3.00. The highest BCUT2D eigenvalue weighted by Gasteiger charge is 2.29. The maximum absolute atomic E-state index is 12.1. The van der Waals surface area contributed by atoms with E-state index in [1.807, 2.05) is 27.7 Å². The second-order valence-electron chi connectivity index (χ2n) is 6.34. The molecule has 18 heavy (non-hydrogen) atoms. The number of Topliss-reactive ketones (excluding diaryl/α,β-unsaturated/α-hetero) is 1. The summed E-state index contributed by atoms with van der Waals surface area (Å²) >= 11 is 0. The van der Waals surface area contributed by atoms with Gasteiger partial charge in [-0.2, -0.15) is 0 Å². The first-order valence-electron chi connectivity index (χ1n) is 6.77. The smallest absolute Gasteiger partial charge is 0.237 e. The average molecular weight is 254 g/mol. The van der Waals surface area contributed by atoms with Crippen molar-refractivity contribution >= 4 is 11.7 Å². The SMILES string of the molecule is CC(=O)C1CCN(C(C)C(=O)NC(C)(C)C)CC1. The van der Waals surface area contributed by atoms with Crippen LogP contribution in [-0.4, -0.2) is 41.3 Å². The van der Waals surface area contributed by atoms with Gasteiger partial charge in [0.05, 0.1) is 6.04 Å². The first-order valence-corrected chi connectivity index (χ1v) is 6.77. The average Bonchev–Trinajstić information content (AvgIpc) is 2.26. The predicted octanol–water partition coefficient (Wildman–Crippen LogP) is 1.59. The van der Waals surface area contributed by atoms with Gasteiger partial charge in [0.2, 0.25) is 5.91 Å². The number of hydrogen-bond donors (Lipinski definition) is 1. The Labute approximate surface area is 110 Å². The molecule has 1 heterocycles. The molecule has 0 saturated carbocycles. The summed E-state index contributed by atoms with van der Waals surface area (Å²) in [7, 11) is 0. The predicted molar refractivity (Wildman–Crippen MR) is 72.3 cm³/mol. The lowest BCUT2D eigenvalue weighted by atomic mass is 9.92. The van der Waals surface area contributed by atoms with Crippen molar-refractivity contribution < 1.29 is 9.59 Å². The topological polar surface area (TPSA) is 49.4 Å². The van der Waals surface area contributed by atoms with E-state index in [9.17, 15) is 9.59 Å². The normalized spacial score (nSPS) is 20.5. The fourth-order valence-corrected chi connectivity index (χ4v) is 2.33. The minimum Gasteiger partial charge on any atom is -0.350 e. The van der Waals surface area contributed by atoms with Crippen molar-refractivity contribution in [3.63, 3.8) is 0 Å². The first-order chi connectivity index (χ1) is 8.20. The summed E-state index contributed by atoms with van der Waals surface area (Å²) in [5.74, 6) is 0.546. The Morgan fingerprint density at radius 3 is 2.11 bits per heavy atom. The van der Waals surface area contributed by atoms with Crippen molar-refractivity contribution in [1.82, 2.24) is 10.2 Å². The van der Waals surface area contributed by atoms with Gasteiger partial charge in [-0.1, -0.05) is 0 Å². The van der Waals surface area contributed by atoms with E-state index in [0.29, 0.717) is 0 Å². The maximum Gasteiger partial charge on any atom is 0.237 e. The summed E-state index contributed by atoms with van der Waals surface area (Å²) in [5.41, 5.74) is -0.191. The highest BCUT2D eigenvalue weighted by Crippen LogP contribution is 2.20. The monoisotopic (exact) mass is 254 g/mol. The number of piperidine rings is 1. The maximum atomic E-state index is 12.1. The number of carbonyl (C=O) groups is 2. The number of amides is 1. The second-order valence-corrected chi connectivity index (χ2v) is 6.34. The van der Waals surface area contributed by atoms with E-state index in [-0.39, 0.29) is 29.2 Å². The summed E-state index contributed by atoms with van der Waals surface area (Å²) < 4.78 is 0. The summed E-state index contributed by atoms with van der Waals surface area (Å²) in [6.07, 6.45) is 1.75. The molecular weight excluding hydrogens is 228 g/mol. The summed E-state index contributed by atoms with van der Waals surface area (Å²) in [4.78, 5) is 25.5. The van der Waals surface area contributed by atoms with Crippen molar-refractivity contribution in [2.45, 2.75) is 59.0 Å². The van der Waals surface area contributed by atoms with Gasteiger partial charge in [0, 0.05) is 11.5 Å². The van der Waals surface area contributed by atoms with Gasteiger partial charge in [-0.3, -0.25) is 14.5 Å². The lowest BCUT2D eigenvalue weighted by molar-refractivity contribution is -0.128. The van der Waals surface area contributed by atoms with E-state index in [0.717, 1.165) is 25.9 Å². The van der Waals surface area contributed by atoms with Crippen LogP contribution in [0.25, 0.3) is 0 Å². The lowest BCUT2D eigenvalue weighted by Crippen LogP contribution is -2.52. The fraction of sp³-hybridized carbons (Fsp3) is 0.857. The Morgan fingerprint density at radius 2 is 1.72 bits per heavy atom. The van der Waals surface area contributed by atoms with Gasteiger partial charge < -0.3 is 5.32 Å². The van der Waals surface area contributed by atoms with Crippen LogP contribution < -0.4 is 5.32 Å². The van der Waals surface area contributed by atoms with E-state index < -0.39 is 0 Å². The number of nitrogens with zero attached hydrogens (tertiary/aromatic N) is 1. The highest BCUT2D eigenvalue weighted by atomic mass is 16.2. The van der Waals surface area contributed by atoms with Gasteiger partial charge in [-0.25, -0.2) is 0 Å². The van der Waals surface area contributed by atoms with Crippen LogP contribution in [0.2, 0.25) is 0 Å². The van der Waals surface area contributed by atoms with Crippen molar-refractivity contribution in [3.05, 3.63) is 0 Å². The Bertz CT molecular complexity index is 312. The number of likely N-dealkylation sites (tertiary alicyclic amines) is 1. The van der Waals surface area contributed by atoms with Crippen LogP contribution in [0.4, 0.5) is 0 Å². The molecule has 1 amide bonds. The highest BCUT2D eigenvalue weighted by molar-refractivity contribution is 5.82. The number of carbonyl (C=O) groups excluding carboxylic acids is 2. The third-order valence-corrected chi connectivity index (χ3v) is 3.53. The number of rotatable bonds is 3. The quantitative estimate of drug-likeness (QED) is 0.832. The van der Waals surface area contributed by atoms with E-state index >= 15 is 0 Å². The molecule has 0 radical (unpaired) electrons. The molecule has 0 aromatic rings. The molecule has 1 fully saturated rings. The van der Waals surface area contributed by atoms with Gasteiger partial charge in [0.25, 0.3) is 0 Å². The fourth-order valence-electron chi connectivity index (χ4n) is 2.33. The Kier molecular flexibility index (Phi) is 4.91. The molecule has 1 N–H and O–H groups in total. The minimum atomic E-state index is -0.191. The van der Waals surface area contributed by atoms with Crippen LogP contribution in [0, 0.1) is 5.92 Å². The van der Waals surface area contributed by atoms with Crippen LogP contribution >= 0.6 is 0 Å². The number of ketones is 1. The van der Waals surface area contributed by atoms with E-state index in [2.05, 4.69) is 10.2 Å². The molecule has 0 aromatic heterocycles. The zero-order chi connectivity index (χ0) is 13.9. The van der Waals surface area contributed by atoms with Crippen LogP contribution in [0.3, 0.4) is 0 Å². The first kappa shape index (κ1) is 15.2. The molecule has 104 valence electrons. The van der Waals surface area contributed by atoms with Crippen molar-refractivity contribution in [2.24, 2.45) is 5.92 Å². The Morgan fingerprint density at radius 1 is 1.22 bits per heavy atom. The van der Waals surface area contributed by atoms with Crippen molar-refractivity contribution in [3.8, 4) is 0 Å². The molecule has 1 unspecified atom stereocenters. The van der Waals surface area contributed by atoms with Gasteiger partial charge in [0.1, 0.15) is 5.78 Å². The molecule has 1 aliphatic heterocycles. The van der Waals surface area contributed by atoms with Crippen molar-refractivity contribution in [2.75, 3.05) is 13.1 Å². The zero-order valence-corrected chi connectivity index (χ0v) is 12.2. The molecule has 0 bridgehead atoms. The Hall–Kier alpha value is -0.900. The van der Waals surface area contributed by atoms with Crippen LogP contribution in [0.15, 0.2) is 0 Å². The van der Waals surface area contributed by atoms with Gasteiger partial charge >= 0.3 is 0 Å². The molecule has 0 aromatic carbocycles. The lowest BCUT2D eigenvalue weighted by Gasteiger charge is -2.35. The van der Waals surface area contributed by atoms with E-state index in [1.54, 1.807) is 6.92 Å². The molecule has 1 saturated heterocycles. The van der Waals surface area contributed by atoms with Crippen LogP contribution in [0.5, 0.6) is 0 Å². The van der Waals surface area contributed by atoms with Crippen LogP contribution in [-0.2, 0) is 9.59 Å². The number of nitrogens with one attached hydrogen (secondary N) is 1. The molecule has 1 atom stereocenters. The zero-order valence-electron chi connectivity index (χ0n) is 12.2. The summed E-state index contributed by atoms with van der Waals surface area (Å²) in [6, 6.07) is -0.114. The molecule has 4 heteroatoms. The van der Waals surface area contributed by atoms with Crippen molar-refractivity contribution in [1.29, 1.82) is 0 Å². The summed E-state index contributed by atoms with van der Waals surface area (Å²) in [6.45, 7) is 11.2. The largest absolute Gasteiger partial charge is 0.350 e. The van der Waals surface area contributed by atoms with E-state index in [1.165, 1.54) is 0 Å².